The van der Waals surface area contributed by atoms with Crippen LogP contribution in [0, 0.1) is 6.92 Å². The lowest BCUT2D eigenvalue weighted by Crippen LogP contribution is -2.71. The summed E-state index contributed by atoms with van der Waals surface area (Å²) in [5.41, 5.74) is 7.72. The van der Waals surface area contributed by atoms with E-state index in [1.165, 1.54) is 18.9 Å². The molecule has 3 N–H and O–H groups in total. The molecule has 192 valence electrons. The fourth-order valence-electron chi connectivity index (χ4n) is 4.37. The average Bonchev–Trinajstić information content (AvgIpc) is 3.48. The summed E-state index contributed by atoms with van der Waals surface area (Å²) in [6.07, 6.45) is 5.65. The number of thiazole rings is 1. The Balaban J connectivity index is 1.38. The van der Waals surface area contributed by atoms with Gasteiger partial charge in [0.15, 0.2) is 23.6 Å². The highest BCUT2D eigenvalue weighted by molar-refractivity contribution is 8.00. The molecule has 0 spiro atoms. The van der Waals surface area contributed by atoms with Gasteiger partial charge in [0, 0.05) is 24.4 Å². The number of rotatable bonds is 7. The normalized spacial score (nSPS) is 19.6. The molecule has 2 aliphatic heterocycles. The van der Waals surface area contributed by atoms with Crippen molar-refractivity contribution in [3.63, 3.8) is 0 Å². The van der Waals surface area contributed by atoms with E-state index < -0.39 is 29.2 Å². The number of carboxylic acid groups (broad SMARTS) is 1. The van der Waals surface area contributed by atoms with Gasteiger partial charge in [0.2, 0.25) is 5.69 Å². The van der Waals surface area contributed by atoms with Crippen LogP contribution in [0.5, 0.6) is 0 Å². The summed E-state index contributed by atoms with van der Waals surface area (Å²) in [7, 11) is 1.25. The largest absolute Gasteiger partial charge is 0.543 e. The van der Waals surface area contributed by atoms with Crippen molar-refractivity contribution >= 4 is 68.8 Å². The van der Waals surface area contributed by atoms with Crippen molar-refractivity contribution in [3.8, 4) is 0 Å². The molecule has 15 heteroatoms. The minimum Gasteiger partial charge on any atom is -0.543 e. The number of aliphatic carboxylic acids is 1. The van der Waals surface area contributed by atoms with E-state index in [0.717, 1.165) is 27.4 Å². The second-order valence-electron chi connectivity index (χ2n) is 8.21. The number of nitrogen functional groups attached to an aromatic ring is 1. The summed E-state index contributed by atoms with van der Waals surface area (Å²) in [5, 5.41) is 17.9. The van der Waals surface area contributed by atoms with Gasteiger partial charge in [0.25, 0.3) is 11.8 Å². The maximum absolute atomic E-state index is 13.1. The first-order chi connectivity index (χ1) is 17.7. The number of hydrogen-bond donors (Lipinski definition) is 2. The molecule has 1 saturated heterocycles. The van der Waals surface area contributed by atoms with E-state index in [9.17, 15) is 19.5 Å². The Kier molecular flexibility index (Phi) is 6.56. The summed E-state index contributed by atoms with van der Waals surface area (Å²) < 4.78 is 4.02. The number of amides is 2. The molecule has 0 bridgehead atoms. The topological polar surface area (TPSA) is 158 Å². The van der Waals surface area contributed by atoms with Crippen LogP contribution in [0.15, 0.2) is 47.1 Å². The molecule has 5 heterocycles. The summed E-state index contributed by atoms with van der Waals surface area (Å²) in [5.74, 6) is -2.46. The first-order valence-corrected chi connectivity index (χ1v) is 13.1. The lowest BCUT2D eigenvalue weighted by Gasteiger charge is -2.50. The number of oxime groups is 1. The van der Waals surface area contributed by atoms with Gasteiger partial charge in [0.1, 0.15) is 34.1 Å². The molecule has 37 heavy (non-hydrogen) atoms. The number of thioether (sulfide) groups is 1. The maximum atomic E-state index is 13.1. The van der Waals surface area contributed by atoms with Crippen LogP contribution in [0.25, 0.3) is 5.52 Å². The van der Waals surface area contributed by atoms with Crippen molar-refractivity contribution in [2.45, 2.75) is 24.9 Å². The number of halogens is 1. The summed E-state index contributed by atoms with van der Waals surface area (Å²) >= 11 is 8.42. The third kappa shape index (κ3) is 4.30. The molecule has 0 radical (unpaired) electrons. The van der Waals surface area contributed by atoms with Crippen molar-refractivity contribution in [3.05, 3.63) is 57.7 Å². The molecular weight excluding hydrogens is 542 g/mol. The predicted octanol–water partition coefficient (Wildman–Crippen LogP) is -0.318. The summed E-state index contributed by atoms with van der Waals surface area (Å²) in [6.45, 7) is 2.21. The Bertz CT molecular complexity index is 1510. The first-order valence-electron chi connectivity index (χ1n) is 10.9. The molecule has 0 unspecified atom stereocenters. The van der Waals surface area contributed by atoms with E-state index in [4.69, 9.17) is 22.2 Å². The summed E-state index contributed by atoms with van der Waals surface area (Å²) in [4.78, 5) is 48.1. The second-order valence-corrected chi connectivity index (χ2v) is 10.9. The fraction of sp³-hybridized carbons (Fsp3) is 0.273. The zero-order valence-corrected chi connectivity index (χ0v) is 21.9. The van der Waals surface area contributed by atoms with Gasteiger partial charge in [-0.1, -0.05) is 28.1 Å². The molecule has 12 nitrogen and oxygen atoms in total. The van der Waals surface area contributed by atoms with E-state index in [0.29, 0.717) is 11.3 Å². The fourth-order valence-corrected chi connectivity index (χ4v) is 6.63. The molecule has 3 aromatic heterocycles. The van der Waals surface area contributed by atoms with Gasteiger partial charge in [-0.2, -0.15) is 4.57 Å². The SMILES string of the molecule is CO/N=C(\C(=O)N[C@@H]1C(=O)N2C(C(=O)[O-])=C(C[n+]3ccn4cccc4c3C)CS[C@H]12)c1nc(N)sc1Cl. The molecule has 3 aromatic rings. The van der Waals surface area contributed by atoms with Crippen LogP contribution in [0.4, 0.5) is 5.13 Å². The number of anilines is 1. The van der Waals surface area contributed by atoms with Gasteiger partial charge in [-0.25, -0.2) is 4.98 Å². The number of hydrogen-bond acceptors (Lipinski definition) is 10. The van der Waals surface area contributed by atoms with Crippen molar-refractivity contribution in [1.29, 1.82) is 0 Å². The molecular formula is C22H20ClN7O5S2. The standard InChI is InChI=1S/C22H20ClN7O5S2/c1-10-12-4-3-5-28(12)6-7-29(10)8-11-9-36-20-15(19(32)30(20)16(11)21(33)34)25-18(31)14(27-35-2)13-17(23)37-22(24)26-13/h3-7,15,20H,8-9H2,1-2H3,(H3-,24,25,26,31,33,34)/b27-14-/t15-,20-/m1/s1. The predicted molar refractivity (Wildman–Crippen MR) is 134 cm³/mol. The minimum absolute atomic E-state index is 0.0217. The number of aryl methyl sites for hydroxylation is 1. The van der Waals surface area contributed by atoms with Crippen LogP contribution in [0.3, 0.4) is 0 Å². The Morgan fingerprint density at radius 2 is 2.22 bits per heavy atom. The molecule has 2 atom stereocenters. The van der Waals surface area contributed by atoms with Crippen LogP contribution in [0.1, 0.15) is 11.4 Å². The number of fused-ring (bicyclic) bond motifs is 2. The van der Waals surface area contributed by atoms with Crippen LogP contribution in [0.2, 0.25) is 4.34 Å². The van der Waals surface area contributed by atoms with Gasteiger partial charge in [0.05, 0.1) is 17.9 Å². The van der Waals surface area contributed by atoms with Gasteiger partial charge >= 0.3 is 0 Å². The highest BCUT2D eigenvalue weighted by Crippen LogP contribution is 2.40. The maximum Gasteiger partial charge on any atom is 0.276 e. The molecule has 2 amide bonds. The van der Waals surface area contributed by atoms with E-state index >= 15 is 0 Å². The van der Waals surface area contributed by atoms with E-state index in [2.05, 4.69) is 15.5 Å². The van der Waals surface area contributed by atoms with Crippen LogP contribution < -0.4 is 20.7 Å². The molecule has 1 fully saturated rings. The quantitative estimate of drug-likeness (QED) is 0.172. The van der Waals surface area contributed by atoms with Gasteiger partial charge in [-0.3, -0.25) is 14.5 Å². The van der Waals surface area contributed by atoms with E-state index in [1.54, 1.807) is 0 Å². The zero-order chi connectivity index (χ0) is 26.4. The average molecular weight is 562 g/mol. The number of aromatic nitrogens is 3. The van der Waals surface area contributed by atoms with Crippen molar-refractivity contribution in [1.82, 2.24) is 19.6 Å². The van der Waals surface area contributed by atoms with Gasteiger partial charge in [-0.05, 0) is 12.1 Å². The Morgan fingerprint density at radius 3 is 2.89 bits per heavy atom. The second kappa shape index (κ2) is 9.68. The molecule has 2 aliphatic rings. The number of nitrogens with one attached hydrogen (secondary N) is 1. The lowest BCUT2D eigenvalue weighted by molar-refractivity contribution is -0.694. The third-order valence-corrected chi connectivity index (χ3v) is 8.52. The molecule has 0 aliphatic carbocycles. The van der Waals surface area contributed by atoms with E-state index in [1.807, 2.05) is 46.6 Å². The molecule has 0 saturated carbocycles. The van der Waals surface area contributed by atoms with Gasteiger partial charge in [-0.15, -0.1) is 11.8 Å². The number of carbonyl (C=O) groups is 3. The zero-order valence-electron chi connectivity index (χ0n) is 19.5. The Morgan fingerprint density at radius 1 is 1.43 bits per heavy atom. The number of carboxylic acids is 1. The molecule has 0 aromatic carbocycles. The number of β-lactam (4-membered cyclic amide) rings is 1. The lowest BCUT2D eigenvalue weighted by atomic mass is 10.0. The monoisotopic (exact) mass is 561 g/mol. The van der Waals surface area contributed by atoms with E-state index in [-0.39, 0.29) is 33.1 Å². The van der Waals surface area contributed by atoms with Crippen LogP contribution in [-0.2, 0) is 25.8 Å². The molecule has 5 rings (SSSR count). The smallest absolute Gasteiger partial charge is 0.276 e. The van der Waals surface area contributed by atoms with Crippen molar-refractivity contribution in [2.24, 2.45) is 5.16 Å². The van der Waals surface area contributed by atoms with Crippen molar-refractivity contribution in [2.75, 3.05) is 18.6 Å². The number of carbonyl (C=O) groups excluding carboxylic acids is 3. The first kappa shape index (κ1) is 25.0. The number of nitrogens with zero attached hydrogens (tertiary/aromatic N) is 5. The Labute approximate surface area is 223 Å². The van der Waals surface area contributed by atoms with Crippen LogP contribution >= 0.6 is 34.7 Å². The third-order valence-electron chi connectivity index (χ3n) is 6.10. The Hall–Kier alpha value is -3.62. The highest BCUT2D eigenvalue weighted by atomic mass is 35.5. The van der Waals surface area contributed by atoms with Crippen LogP contribution in [-0.4, -0.2) is 62.1 Å². The summed E-state index contributed by atoms with van der Waals surface area (Å²) in [6, 6.07) is 2.90. The number of nitrogens with two attached hydrogens (primary N) is 1. The highest BCUT2D eigenvalue weighted by Gasteiger charge is 2.53. The van der Waals surface area contributed by atoms with Crippen molar-refractivity contribution < 1.29 is 28.9 Å². The van der Waals surface area contributed by atoms with Gasteiger partial charge < -0.3 is 30.2 Å². The minimum atomic E-state index is -1.45.